The second kappa shape index (κ2) is 6.38. The van der Waals surface area contributed by atoms with Gasteiger partial charge in [-0.2, -0.15) is 0 Å². The third kappa shape index (κ3) is 3.50. The maximum Gasteiger partial charge on any atom is 0.0301 e. The third-order valence-corrected chi connectivity index (χ3v) is 3.95. The Kier molecular flexibility index (Phi) is 5.08. The maximum absolute atomic E-state index is 3.80. The lowest BCUT2D eigenvalue weighted by atomic mass is 10.2. The Hall–Kier alpha value is -1.12. The summed E-state index contributed by atoms with van der Waals surface area (Å²) in [5.74, 6) is 0. The Bertz CT molecular complexity index is 298. The third-order valence-electron chi connectivity index (χ3n) is 2.56. The molecule has 0 amide bonds. The number of hydrogen-bond donors (Lipinski definition) is 0. The summed E-state index contributed by atoms with van der Waals surface area (Å²) >= 11 is 0. The zero-order chi connectivity index (χ0) is 11.1. The molecule has 1 aromatic carbocycles. The molecule has 2 heteroatoms. The monoisotopic (exact) mass is 217 g/mol. The van der Waals surface area contributed by atoms with Crippen LogP contribution in [0.2, 0.25) is 0 Å². The molecule has 0 aliphatic heterocycles. The standard InChI is InChI=1S/C13H19NSi/c1-3-10-14(11-4-2)13(15)12-8-6-5-7-9-12/h3-9,13H,1-2,10-11H2,15H3. The van der Waals surface area contributed by atoms with Crippen LogP contribution in [0.1, 0.15) is 11.2 Å². The molecule has 0 N–H and O–H groups in total. The normalized spacial score (nSPS) is 12.6. The van der Waals surface area contributed by atoms with Gasteiger partial charge in [0.25, 0.3) is 0 Å². The highest BCUT2D eigenvalue weighted by atomic mass is 28.1. The fourth-order valence-electron chi connectivity index (χ4n) is 1.66. The molecule has 0 fully saturated rings. The van der Waals surface area contributed by atoms with Gasteiger partial charge in [-0.15, -0.1) is 13.2 Å². The predicted octanol–water partition coefficient (Wildman–Crippen LogP) is 1.72. The Morgan fingerprint density at radius 1 is 1.13 bits per heavy atom. The van der Waals surface area contributed by atoms with Gasteiger partial charge < -0.3 is 0 Å². The summed E-state index contributed by atoms with van der Waals surface area (Å²) in [4.78, 5) is 2.39. The van der Waals surface area contributed by atoms with Gasteiger partial charge in [0.05, 0.1) is 0 Å². The number of hydrogen-bond acceptors (Lipinski definition) is 1. The van der Waals surface area contributed by atoms with E-state index in [0.717, 1.165) is 23.3 Å². The molecule has 0 saturated heterocycles. The lowest BCUT2D eigenvalue weighted by Crippen LogP contribution is -2.29. The Morgan fingerprint density at radius 3 is 2.13 bits per heavy atom. The summed E-state index contributed by atoms with van der Waals surface area (Å²) in [5.41, 5.74) is 1.94. The minimum atomic E-state index is 0.544. The zero-order valence-corrected chi connectivity index (χ0v) is 11.4. The molecule has 0 saturated carbocycles. The molecule has 1 atom stereocenters. The predicted molar refractivity (Wildman–Crippen MR) is 71.1 cm³/mol. The molecule has 0 aromatic heterocycles. The van der Waals surface area contributed by atoms with E-state index in [1.165, 1.54) is 5.56 Å². The lowest BCUT2D eigenvalue weighted by molar-refractivity contribution is 0.312. The zero-order valence-electron chi connectivity index (χ0n) is 9.39. The lowest BCUT2D eigenvalue weighted by Gasteiger charge is -2.27. The van der Waals surface area contributed by atoms with Gasteiger partial charge in [-0.3, -0.25) is 4.90 Å². The summed E-state index contributed by atoms with van der Waals surface area (Å²) in [5, 5.41) is 0. The van der Waals surface area contributed by atoms with E-state index >= 15 is 0 Å². The maximum atomic E-state index is 3.80. The average molecular weight is 217 g/mol. The molecule has 0 radical (unpaired) electrons. The van der Waals surface area contributed by atoms with Crippen molar-refractivity contribution in [3.63, 3.8) is 0 Å². The number of benzene rings is 1. The second-order valence-corrected chi connectivity index (χ2v) is 4.71. The minimum Gasteiger partial charge on any atom is -0.293 e. The highest BCUT2D eigenvalue weighted by Gasteiger charge is 2.11. The van der Waals surface area contributed by atoms with Crippen LogP contribution < -0.4 is 0 Å². The fraction of sp³-hybridized carbons (Fsp3) is 0.231. The van der Waals surface area contributed by atoms with Crippen LogP contribution in [0.3, 0.4) is 0 Å². The Labute approximate surface area is 95.5 Å². The first-order valence-corrected chi connectivity index (χ1v) is 6.46. The Morgan fingerprint density at radius 2 is 1.67 bits per heavy atom. The van der Waals surface area contributed by atoms with Gasteiger partial charge in [-0.05, 0) is 5.56 Å². The minimum absolute atomic E-state index is 0.544. The van der Waals surface area contributed by atoms with Crippen molar-refractivity contribution < 1.29 is 0 Å². The van der Waals surface area contributed by atoms with Crippen LogP contribution >= 0.6 is 0 Å². The van der Waals surface area contributed by atoms with Crippen LogP contribution in [-0.2, 0) is 0 Å². The molecule has 0 aliphatic rings. The van der Waals surface area contributed by atoms with Crippen molar-refractivity contribution in [1.29, 1.82) is 0 Å². The van der Waals surface area contributed by atoms with E-state index in [1.54, 1.807) is 0 Å². The fourth-order valence-corrected chi connectivity index (χ4v) is 2.47. The summed E-state index contributed by atoms with van der Waals surface area (Å²) < 4.78 is 0. The van der Waals surface area contributed by atoms with Crippen molar-refractivity contribution >= 4 is 10.2 Å². The number of rotatable bonds is 6. The van der Waals surface area contributed by atoms with Gasteiger partial charge in [0.15, 0.2) is 0 Å². The smallest absolute Gasteiger partial charge is 0.0301 e. The largest absolute Gasteiger partial charge is 0.293 e. The van der Waals surface area contributed by atoms with E-state index in [0.29, 0.717) is 5.67 Å². The van der Waals surface area contributed by atoms with E-state index in [2.05, 4.69) is 48.4 Å². The van der Waals surface area contributed by atoms with E-state index < -0.39 is 0 Å². The first kappa shape index (κ1) is 11.9. The molecule has 0 heterocycles. The average Bonchev–Trinajstić information content (AvgIpc) is 2.29. The van der Waals surface area contributed by atoms with E-state index in [9.17, 15) is 0 Å². The van der Waals surface area contributed by atoms with Crippen molar-refractivity contribution in [2.45, 2.75) is 5.67 Å². The van der Waals surface area contributed by atoms with Crippen molar-refractivity contribution in [2.24, 2.45) is 0 Å². The Balaban J connectivity index is 2.75. The van der Waals surface area contributed by atoms with E-state index in [4.69, 9.17) is 0 Å². The highest BCUT2D eigenvalue weighted by molar-refractivity contribution is 6.12. The van der Waals surface area contributed by atoms with Gasteiger partial charge in [-0.25, -0.2) is 0 Å². The van der Waals surface area contributed by atoms with Crippen molar-refractivity contribution in [2.75, 3.05) is 13.1 Å². The van der Waals surface area contributed by atoms with Crippen LogP contribution in [0.15, 0.2) is 55.6 Å². The van der Waals surface area contributed by atoms with Crippen molar-refractivity contribution in [1.82, 2.24) is 4.90 Å². The molecule has 15 heavy (non-hydrogen) atoms. The quantitative estimate of drug-likeness (QED) is 0.518. The SMILES string of the molecule is C=CCN(CC=C)C([SiH3])c1ccccc1. The molecule has 80 valence electrons. The van der Waals surface area contributed by atoms with Gasteiger partial charge in [-0.1, -0.05) is 42.5 Å². The van der Waals surface area contributed by atoms with E-state index in [1.807, 2.05) is 12.2 Å². The molecule has 0 bridgehead atoms. The highest BCUT2D eigenvalue weighted by Crippen LogP contribution is 2.16. The van der Waals surface area contributed by atoms with E-state index in [-0.39, 0.29) is 0 Å². The summed E-state index contributed by atoms with van der Waals surface area (Å²) in [6, 6.07) is 10.6. The first-order chi connectivity index (χ1) is 7.29. The first-order valence-electron chi connectivity index (χ1n) is 5.30. The van der Waals surface area contributed by atoms with Gasteiger partial charge in [0.2, 0.25) is 0 Å². The summed E-state index contributed by atoms with van der Waals surface area (Å²) in [6.45, 7) is 9.45. The van der Waals surface area contributed by atoms with Gasteiger partial charge in [0.1, 0.15) is 0 Å². The topological polar surface area (TPSA) is 3.24 Å². The second-order valence-electron chi connectivity index (χ2n) is 3.62. The molecule has 1 rings (SSSR count). The van der Waals surface area contributed by atoms with Gasteiger partial charge >= 0.3 is 0 Å². The van der Waals surface area contributed by atoms with Crippen LogP contribution in [0.4, 0.5) is 0 Å². The van der Waals surface area contributed by atoms with Crippen LogP contribution in [-0.4, -0.2) is 28.2 Å². The molecule has 1 unspecified atom stereocenters. The summed E-state index contributed by atoms with van der Waals surface area (Å²) in [7, 11) is 1.12. The van der Waals surface area contributed by atoms with Crippen molar-refractivity contribution in [3.05, 3.63) is 61.2 Å². The van der Waals surface area contributed by atoms with Crippen molar-refractivity contribution in [3.8, 4) is 0 Å². The molecule has 1 aromatic rings. The molecule has 0 aliphatic carbocycles. The molecule has 1 nitrogen and oxygen atoms in total. The molecular weight excluding hydrogens is 198 g/mol. The van der Waals surface area contributed by atoms with Crippen LogP contribution in [0.5, 0.6) is 0 Å². The number of nitrogens with zero attached hydrogens (tertiary/aromatic N) is 1. The summed E-state index contributed by atoms with van der Waals surface area (Å²) in [6.07, 6.45) is 3.91. The molecular formula is C13H19NSi. The van der Waals surface area contributed by atoms with Gasteiger partial charge in [0, 0.05) is 29.0 Å². The van der Waals surface area contributed by atoms with Crippen LogP contribution in [0.25, 0.3) is 0 Å². The molecule has 0 spiro atoms. The van der Waals surface area contributed by atoms with Crippen LogP contribution in [0, 0.1) is 0 Å².